The summed E-state index contributed by atoms with van der Waals surface area (Å²) in [4.78, 5) is 5.23. The summed E-state index contributed by atoms with van der Waals surface area (Å²) in [5.41, 5.74) is 5.92. The lowest BCUT2D eigenvalue weighted by molar-refractivity contribution is 0.0183. The van der Waals surface area contributed by atoms with Crippen molar-refractivity contribution < 1.29 is 4.74 Å². The van der Waals surface area contributed by atoms with Crippen molar-refractivity contribution in [1.82, 2.24) is 9.80 Å². The molecule has 3 aliphatic rings. The fourth-order valence-corrected chi connectivity index (χ4v) is 3.49. The van der Waals surface area contributed by atoms with E-state index in [1.165, 1.54) is 26.1 Å². The van der Waals surface area contributed by atoms with E-state index in [0.29, 0.717) is 12.0 Å². The van der Waals surface area contributed by atoms with Crippen molar-refractivity contribution in [2.24, 2.45) is 11.7 Å². The third-order valence-electron chi connectivity index (χ3n) is 4.51. The Labute approximate surface area is 110 Å². The van der Waals surface area contributed by atoms with Crippen LogP contribution in [-0.2, 0) is 4.74 Å². The molecule has 3 atom stereocenters. The summed E-state index contributed by atoms with van der Waals surface area (Å²) >= 11 is 0. The van der Waals surface area contributed by atoms with Gasteiger partial charge in [0.15, 0.2) is 0 Å². The number of ether oxygens (including phenoxy) is 1. The third-order valence-corrected chi connectivity index (χ3v) is 4.51. The number of morpholine rings is 1. The standard InChI is InChI=1S/C14H25N3O/c15-13-2-1-12(9-13)10-16-4-3-14(11-16)17-5-7-18-8-6-17/h1-2,12-14H,3-11,15H2. The van der Waals surface area contributed by atoms with Crippen molar-refractivity contribution in [1.29, 1.82) is 0 Å². The highest BCUT2D eigenvalue weighted by molar-refractivity contribution is 5.05. The van der Waals surface area contributed by atoms with Crippen LogP contribution in [0.5, 0.6) is 0 Å². The first kappa shape index (κ1) is 12.6. The number of likely N-dealkylation sites (tertiary alicyclic amines) is 1. The van der Waals surface area contributed by atoms with Gasteiger partial charge in [0.05, 0.1) is 13.2 Å². The van der Waals surface area contributed by atoms with Gasteiger partial charge < -0.3 is 15.4 Å². The quantitative estimate of drug-likeness (QED) is 0.732. The van der Waals surface area contributed by atoms with Crippen molar-refractivity contribution in [3.8, 4) is 0 Å². The van der Waals surface area contributed by atoms with E-state index < -0.39 is 0 Å². The molecule has 0 radical (unpaired) electrons. The van der Waals surface area contributed by atoms with E-state index in [2.05, 4.69) is 22.0 Å². The number of hydrogen-bond donors (Lipinski definition) is 1. The number of rotatable bonds is 3. The Morgan fingerprint density at radius 2 is 2.00 bits per heavy atom. The molecule has 0 bridgehead atoms. The fraction of sp³-hybridized carbons (Fsp3) is 0.857. The van der Waals surface area contributed by atoms with E-state index in [1.54, 1.807) is 0 Å². The van der Waals surface area contributed by atoms with Crippen LogP contribution in [0.4, 0.5) is 0 Å². The maximum atomic E-state index is 5.92. The van der Waals surface area contributed by atoms with Crippen LogP contribution in [0.1, 0.15) is 12.8 Å². The van der Waals surface area contributed by atoms with Crippen LogP contribution in [0.25, 0.3) is 0 Å². The van der Waals surface area contributed by atoms with Gasteiger partial charge in [0.2, 0.25) is 0 Å². The smallest absolute Gasteiger partial charge is 0.0594 e. The maximum Gasteiger partial charge on any atom is 0.0594 e. The van der Waals surface area contributed by atoms with E-state index in [9.17, 15) is 0 Å². The van der Waals surface area contributed by atoms with E-state index in [1.807, 2.05) is 0 Å². The Morgan fingerprint density at radius 1 is 1.17 bits per heavy atom. The van der Waals surface area contributed by atoms with Crippen molar-refractivity contribution in [2.75, 3.05) is 45.9 Å². The molecular weight excluding hydrogens is 226 g/mol. The summed E-state index contributed by atoms with van der Waals surface area (Å²) in [6.07, 6.45) is 6.94. The predicted molar refractivity (Wildman–Crippen MR) is 72.5 cm³/mol. The van der Waals surface area contributed by atoms with E-state index in [-0.39, 0.29) is 0 Å². The van der Waals surface area contributed by atoms with Gasteiger partial charge in [0.1, 0.15) is 0 Å². The zero-order valence-corrected chi connectivity index (χ0v) is 11.1. The van der Waals surface area contributed by atoms with Crippen molar-refractivity contribution >= 4 is 0 Å². The van der Waals surface area contributed by atoms with Gasteiger partial charge in [0.25, 0.3) is 0 Å². The zero-order valence-electron chi connectivity index (χ0n) is 11.1. The molecule has 1 aliphatic carbocycles. The molecule has 2 N–H and O–H groups in total. The van der Waals surface area contributed by atoms with Crippen molar-refractivity contribution in [3.63, 3.8) is 0 Å². The first-order valence-corrected chi connectivity index (χ1v) is 7.29. The average molecular weight is 251 g/mol. The Bertz CT molecular complexity index is 301. The summed E-state index contributed by atoms with van der Waals surface area (Å²) in [5.74, 6) is 0.684. The van der Waals surface area contributed by atoms with Gasteiger partial charge in [0, 0.05) is 38.3 Å². The van der Waals surface area contributed by atoms with Crippen molar-refractivity contribution in [3.05, 3.63) is 12.2 Å². The second-order valence-electron chi connectivity index (χ2n) is 5.89. The summed E-state index contributed by atoms with van der Waals surface area (Å²) in [5, 5.41) is 0. The van der Waals surface area contributed by atoms with Crippen LogP contribution in [0.15, 0.2) is 12.2 Å². The minimum atomic E-state index is 0.299. The highest BCUT2D eigenvalue weighted by Gasteiger charge is 2.30. The molecular formula is C14H25N3O. The van der Waals surface area contributed by atoms with Crippen LogP contribution in [0, 0.1) is 5.92 Å². The first-order chi connectivity index (χ1) is 8.81. The Morgan fingerprint density at radius 3 is 2.72 bits per heavy atom. The van der Waals surface area contributed by atoms with Gasteiger partial charge in [-0.15, -0.1) is 0 Å². The molecule has 0 saturated carbocycles. The lowest BCUT2D eigenvalue weighted by Gasteiger charge is -2.32. The van der Waals surface area contributed by atoms with Crippen molar-refractivity contribution in [2.45, 2.75) is 24.9 Å². The van der Waals surface area contributed by atoms with Gasteiger partial charge in [-0.1, -0.05) is 12.2 Å². The molecule has 4 heteroatoms. The molecule has 2 heterocycles. The molecule has 0 aromatic rings. The fourth-order valence-electron chi connectivity index (χ4n) is 3.49. The maximum absolute atomic E-state index is 5.92. The topological polar surface area (TPSA) is 41.7 Å². The molecule has 4 nitrogen and oxygen atoms in total. The first-order valence-electron chi connectivity index (χ1n) is 7.29. The molecule has 2 saturated heterocycles. The van der Waals surface area contributed by atoms with Gasteiger partial charge >= 0.3 is 0 Å². The molecule has 0 spiro atoms. The monoisotopic (exact) mass is 251 g/mol. The van der Waals surface area contributed by atoms with Crippen LogP contribution < -0.4 is 5.73 Å². The molecule has 0 aromatic carbocycles. The number of nitrogens with zero attached hydrogens (tertiary/aromatic N) is 2. The molecule has 0 aromatic heterocycles. The molecule has 3 rings (SSSR count). The van der Waals surface area contributed by atoms with Crippen LogP contribution in [-0.4, -0.2) is 67.8 Å². The average Bonchev–Trinajstić information content (AvgIpc) is 3.01. The lowest BCUT2D eigenvalue weighted by Crippen LogP contribution is -2.45. The second-order valence-corrected chi connectivity index (χ2v) is 5.89. The highest BCUT2D eigenvalue weighted by Crippen LogP contribution is 2.22. The van der Waals surface area contributed by atoms with Crippen LogP contribution >= 0.6 is 0 Å². The summed E-state index contributed by atoms with van der Waals surface area (Å²) in [6, 6.07) is 1.06. The van der Waals surface area contributed by atoms with Gasteiger partial charge in [-0.25, -0.2) is 0 Å². The highest BCUT2D eigenvalue weighted by atomic mass is 16.5. The number of nitrogens with two attached hydrogens (primary N) is 1. The van der Waals surface area contributed by atoms with E-state index in [0.717, 1.165) is 38.8 Å². The van der Waals surface area contributed by atoms with E-state index in [4.69, 9.17) is 10.5 Å². The minimum absolute atomic E-state index is 0.299. The SMILES string of the molecule is NC1C=CC(CN2CCC(N3CCOCC3)C2)C1. The number of hydrogen-bond acceptors (Lipinski definition) is 4. The van der Waals surface area contributed by atoms with Crippen LogP contribution in [0.3, 0.4) is 0 Å². The van der Waals surface area contributed by atoms with Crippen LogP contribution in [0.2, 0.25) is 0 Å². The largest absolute Gasteiger partial charge is 0.379 e. The summed E-state index contributed by atoms with van der Waals surface area (Å²) in [7, 11) is 0. The molecule has 3 unspecified atom stereocenters. The van der Waals surface area contributed by atoms with Gasteiger partial charge in [-0.05, 0) is 25.3 Å². The molecule has 0 amide bonds. The Balaban J connectivity index is 1.45. The normalized spacial score (nSPS) is 38.6. The molecule has 18 heavy (non-hydrogen) atoms. The zero-order chi connectivity index (χ0) is 12.4. The Hall–Kier alpha value is -0.420. The Kier molecular flexibility index (Phi) is 3.99. The predicted octanol–water partition coefficient (Wildman–Crippen LogP) is 0.296. The lowest BCUT2D eigenvalue weighted by atomic mass is 10.1. The molecule has 102 valence electrons. The minimum Gasteiger partial charge on any atom is -0.379 e. The van der Waals surface area contributed by atoms with Gasteiger partial charge in [-0.2, -0.15) is 0 Å². The van der Waals surface area contributed by atoms with Gasteiger partial charge in [-0.3, -0.25) is 4.90 Å². The third kappa shape index (κ3) is 2.94. The molecule has 2 fully saturated rings. The second kappa shape index (κ2) is 5.70. The summed E-state index contributed by atoms with van der Waals surface area (Å²) in [6.45, 7) is 7.75. The van der Waals surface area contributed by atoms with E-state index >= 15 is 0 Å². The summed E-state index contributed by atoms with van der Waals surface area (Å²) < 4.78 is 5.43. The molecule has 2 aliphatic heterocycles.